The van der Waals surface area contributed by atoms with Gasteiger partial charge in [-0.05, 0) is 43.4 Å². The second-order valence-corrected chi connectivity index (χ2v) is 4.70. The molecule has 0 bridgehead atoms. The van der Waals surface area contributed by atoms with E-state index in [0.29, 0.717) is 0 Å². The number of benzene rings is 1. The van der Waals surface area contributed by atoms with Crippen molar-refractivity contribution < 1.29 is 10.2 Å². The van der Waals surface area contributed by atoms with E-state index in [0.717, 1.165) is 24.8 Å². The number of aliphatic hydroxyl groups excluding tert-OH is 1. The molecule has 1 aromatic rings. The number of hydrogen-bond acceptors (Lipinski definition) is 2. The van der Waals surface area contributed by atoms with Crippen molar-refractivity contribution in [2.45, 2.75) is 51.6 Å². The molecule has 0 aliphatic carbocycles. The fourth-order valence-corrected chi connectivity index (χ4v) is 1.84. The Morgan fingerprint density at radius 3 is 2.56 bits per heavy atom. The molecule has 1 atom stereocenters. The SMILES string of the molecule is CCCCCC=CC(O)CCc1ccc(O)cc1. The lowest BCUT2D eigenvalue weighted by molar-refractivity contribution is 0.212. The Kier molecular flexibility index (Phi) is 7.19. The summed E-state index contributed by atoms with van der Waals surface area (Å²) >= 11 is 0. The van der Waals surface area contributed by atoms with Crippen LogP contribution in [0.3, 0.4) is 0 Å². The molecule has 2 heteroatoms. The van der Waals surface area contributed by atoms with Crippen LogP contribution in [0.25, 0.3) is 0 Å². The highest BCUT2D eigenvalue weighted by molar-refractivity contribution is 5.25. The van der Waals surface area contributed by atoms with Crippen molar-refractivity contribution in [2.75, 3.05) is 0 Å². The topological polar surface area (TPSA) is 40.5 Å². The zero-order chi connectivity index (χ0) is 13.2. The number of aliphatic hydroxyl groups is 1. The highest BCUT2D eigenvalue weighted by Crippen LogP contribution is 2.12. The van der Waals surface area contributed by atoms with Gasteiger partial charge in [-0.3, -0.25) is 0 Å². The fourth-order valence-electron chi connectivity index (χ4n) is 1.84. The van der Waals surface area contributed by atoms with E-state index < -0.39 is 0 Å². The molecule has 0 aliphatic rings. The molecule has 0 spiro atoms. The largest absolute Gasteiger partial charge is 0.508 e. The molecule has 0 fully saturated rings. The van der Waals surface area contributed by atoms with Crippen molar-refractivity contribution in [3.63, 3.8) is 0 Å². The third-order valence-electron chi connectivity index (χ3n) is 3.00. The van der Waals surface area contributed by atoms with Crippen molar-refractivity contribution in [1.29, 1.82) is 0 Å². The van der Waals surface area contributed by atoms with Gasteiger partial charge in [-0.2, -0.15) is 0 Å². The second kappa shape index (κ2) is 8.76. The predicted molar refractivity (Wildman–Crippen MR) is 75.7 cm³/mol. The molecule has 100 valence electrons. The summed E-state index contributed by atoms with van der Waals surface area (Å²) in [5, 5.41) is 18.9. The maximum atomic E-state index is 9.79. The Morgan fingerprint density at radius 2 is 1.89 bits per heavy atom. The fraction of sp³-hybridized carbons (Fsp3) is 0.500. The summed E-state index contributed by atoms with van der Waals surface area (Å²) in [6.07, 6.45) is 9.94. The summed E-state index contributed by atoms with van der Waals surface area (Å²) in [6, 6.07) is 7.16. The van der Waals surface area contributed by atoms with Crippen LogP contribution in [0.1, 0.15) is 44.6 Å². The molecule has 0 saturated carbocycles. The quantitative estimate of drug-likeness (QED) is 0.542. The molecule has 18 heavy (non-hydrogen) atoms. The van der Waals surface area contributed by atoms with Crippen molar-refractivity contribution in [2.24, 2.45) is 0 Å². The molecule has 2 nitrogen and oxygen atoms in total. The number of hydrogen-bond donors (Lipinski definition) is 2. The highest BCUT2D eigenvalue weighted by Gasteiger charge is 2.00. The Labute approximate surface area is 110 Å². The van der Waals surface area contributed by atoms with Gasteiger partial charge in [0, 0.05) is 0 Å². The van der Waals surface area contributed by atoms with E-state index in [1.807, 2.05) is 18.2 Å². The molecule has 0 aromatic heterocycles. The number of rotatable bonds is 8. The summed E-state index contributed by atoms with van der Waals surface area (Å²) in [4.78, 5) is 0. The lowest BCUT2D eigenvalue weighted by Gasteiger charge is -2.05. The van der Waals surface area contributed by atoms with E-state index in [4.69, 9.17) is 5.11 Å². The van der Waals surface area contributed by atoms with Gasteiger partial charge in [0.25, 0.3) is 0 Å². The van der Waals surface area contributed by atoms with Gasteiger partial charge in [-0.25, -0.2) is 0 Å². The summed E-state index contributed by atoms with van der Waals surface area (Å²) in [5.74, 6) is 0.287. The average Bonchev–Trinajstić information content (AvgIpc) is 2.38. The van der Waals surface area contributed by atoms with Gasteiger partial charge < -0.3 is 10.2 Å². The van der Waals surface area contributed by atoms with E-state index in [2.05, 4.69) is 13.0 Å². The molecule has 1 aromatic carbocycles. The smallest absolute Gasteiger partial charge is 0.115 e. The first-order valence-corrected chi connectivity index (χ1v) is 6.85. The van der Waals surface area contributed by atoms with Gasteiger partial charge in [0.15, 0.2) is 0 Å². The number of unbranched alkanes of at least 4 members (excludes halogenated alkanes) is 3. The van der Waals surface area contributed by atoms with E-state index in [9.17, 15) is 5.11 Å². The van der Waals surface area contributed by atoms with Crippen LogP contribution < -0.4 is 0 Å². The molecular formula is C16H24O2. The molecule has 1 rings (SSSR count). The minimum atomic E-state index is -0.361. The van der Waals surface area contributed by atoms with Crippen molar-refractivity contribution in [3.8, 4) is 5.75 Å². The first kappa shape index (κ1) is 14.8. The van der Waals surface area contributed by atoms with Crippen LogP contribution in [-0.2, 0) is 6.42 Å². The van der Waals surface area contributed by atoms with Gasteiger partial charge >= 0.3 is 0 Å². The van der Waals surface area contributed by atoms with Crippen molar-refractivity contribution in [1.82, 2.24) is 0 Å². The Hall–Kier alpha value is -1.28. The lowest BCUT2D eigenvalue weighted by Crippen LogP contribution is -2.03. The molecule has 0 aliphatic heterocycles. The number of phenols is 1. The Bertz CT molecular complexity index is 341. The van der Waals surface area contributed by atoms with E-state index in [1.54, 1.807) is 12.1 Å². The summed E-state index contributed by atoms with van der Waals surface area (Å²) in [7, 11) is 0. The van der Waals surface area contributed by atoms with Gasteiger partial charge in [-0.1, -0.05) is 44.1 Å². The standard InChI is InChI=1S/C16H24O2/c1-2-3-4-5-6-7-15(17)11-8-14-9-12-16(18)13-10-14/h6-7,9-10,12-13,15,17-18H,2-5,8,11H2,1H3. The van der Waals surface area contributed by atoms with Crippen LogP contribution in [0.2, 0.25) is 0 Å². The third kappa shape index (κ3) is 6.45. The molecule has 0 heterocycles. The van der Waals surface area contributed by atoms with E-state index in [1.165, 1.54) is 19.3 Å². The second-order valence-electron chi connectivity index (χ2n) is 4.70. The zero-order valence-corrected chi connectivity index (χ0v) is 11.2. The molecule has 0 amide bonds. The first-order valence-electron chi connectivity index (χ1n) is 6.85. The van der Waals surface area contributed by atoms with Crippen molar-refractivity contribution in [3.05, 3.63) is 42.0 Å². The van der Waals surface area contributed by atoms with Gasteiger partial charge in [-0.15, -0.1) is 0 Å². The molecule has 2 N–H and O–H groups in total. The maximum absolute atomic E-state index is 9.79. The number of aryl methyl sites for hydroxylation is 1. The van der Waals surface area contributed by atoms with Gasteiger partial charge in [0.1, 0.15) is 5.75 Å². The Balaban J connectivity index is 2.20. The van der Waals surface area contributed by atoms with Crippen molar-refractivity contribution >= 4 is 0 Å². The molecular weight excluding hydrogens is 224 g/mol. The zero-order valence-electron chi connectivity index (χ0n) is 11.2. The summed E-state index contributed by atoms with van der Waals surface area (Å²) in [5.41, 5.74) is 1.14. The van der Waals surface area contributed by atoms with Crippen LogP contribution in [0.15, 0.2) is 36.4 Å². The first-order chi connectivity index (χ1) is 8.72. The maximum Gasteiger partial charge on any atom is 0.115 e. The van der Waals surface area contributed by atoms with Crippen LogP contribution in [0.4, 0.5) is 0 Å². The molecule has 0 saturated heterocycles. The average molecular weight is 248 g/mol. The highest BCUT2D eigenvalue weighted by atomic mass is 16.3. The third-order valence-corrected chi connectivity index (χ3v) is 3.00. The number of aromatic hydroxyl groups is 1. The minimum absolute atomic E-state index is 0.287. The molecule has 1 unspecified atom stereocenters. The predicted octanol–water partition coefficient (Wildman–Crippen LogP) is 3.82. The number of phenolic OH excluding ortho intramolecular Hbond substituents is 1. The van der Waals surface area contributed by atoms with Crippen LogP contribution in [0.5, 0.6) is 5.75 Å². The lowest BCUT2D eigenvalue weighted by atomic mass is 10.1. The van der Waals surface area contributed by atoms with Crippen LogP contribution >= 0.6 is 0 Å². The normalized spacial score (nSPS) is 13.0. The van der Waals surface area contributed by atoms with Crippen LogP contribution in [-0.4, -0.2) is 16.3 Å². The van der Waals surface area contributed by atoms with Gasteiger partial charge in [0.05, 0.1) is 6.10 Å². The number of allylic oxidation sites excluding steroid dienone is 1. The van der Waals surface area contributed by atoms with Crippen LogP contribution in [0, 0.1) is 0 Å². The summed E-state index contributed by atoms with van der Waals surface area (Å²) < 4.78 is 0. The monoisotopic (exact) mass is 248 g/mol. The Morgan fingerprint density at radius 1 is 1.17 bits per heavy atom. The van der Waals surface area contributed by atoms with Gasteiger partial charge in [0.2, 0.25) is 0 Å². The summed E-state index contributed by atoms with van der Waals surface area (Å²) in [6.45, 7) is 2.19. The van der Waals surface area contributed by atoms with E-state index in [-0.39, 0.29) is 11.9 Å². The molecule has 0 radical (unpaired) electrons. The van der Waals surface area contributed by atoms with E-state index >= 15 is 0 Å². The minimum Gasteiger partial charge on any atom is -0.508 e.